The summed E-state index contributed by atoms with van der Waals surface area (Å²) >= 11 is 0. The van der Waals surface area contributed by atoms with Crippen LogP contribution in [0.15, 0.2) is 109 Å². The van der Waals surface area contributed by atoms with Gasteiger partial charge >= 0.3 is 0 Å². The molecule has 4 saturated carbocycles. The lowest BCUT2D eigenvalue weighted by Gasteiger charge is -2.57. The molecule has 4 bridgehead atoms. The Bertz CT molecular complexity index is 2060. The van der Waals surface area contributed by atoms with Gasteiger partial charge in [0, 0.05) is 29.1 Å². The Morgan fingerprint density at radius 3 is 1.83 bits per heavy atom. The highest BCUT2D eigenvalue weighted by atomic mass is 15.0. The fourth-order valence-electron chi connectivity index (χ4n) is 9.04. The van der Waals surface area contributed by atoms with E-state index in [2.05, 4.69) is 65.7 Å². The molecule has 0 radical (unpaired) electrons. The number of benzene rings is 4. The highest BCUT2D eigenvalue weighted by Crippen LogP contribution is 2.61. The van der Waals surface area contributed by atoms with Crippen molar-refractivity contribution in [2.75, 3.05) is 0 Å². The van der Waals surface area contributed by atoms with Gasteiger partial charge in [0.25, 0.3) is 0 Å². The zero-order chi connectivity index (χ0) is 30.7. The van der Waals surface area contributed by atoms with E-state index in [1.54, 1.807) is 12.4 Å². The molecule has 0 aliphatic heterocycles. The lowest BCUT2D eigenvalue weighted by atomic mass is 9.48. The van der Waals surface area contributed by atoms with Crippen LogP contribution in [0.3, 0.4) is 0 Å². The second kappa shape index (κ2) is 10.7. The highest BCUT2D eigenvalue weighted by Gasteiger charge is 2.51. The fraction of sp³-hybridized carbons (Fsp3) is 0.244. The quantitative estimate of drug-likeness (QED) is 0.198. The number of nitriles is 1. The summed E-state index contributed by atoms with van der Waals surface area (Å²) in [6.45, 7) is 0. The number of rotatable bonds is 5. The molecular weight excluding hydrogens is 562 g/mol. The van der Waals surface area contributed by atoms with Gasteiger partial charge < -0.3 is 0 Å². The fourth-order valence-corrected chi connectivity index (χ4v) is 9.04. The molecule has 0 N–H and O–H groups in total. The van der Waals surface area contributed by atoms with Crippen molar-refractivity contribution in [3.8, 4) is 51.4 Å². The van der Waals surface area contributed by atoms with E-state index in [9.17, 15) is 5.26 Å². The van der Waals surface area contributed by atoms with Gasteiger partial charge in [-0.3, -0.25) is 4.98 Å². The number of fused-ring (bicyclic) bond motifs is 1. The van der Waals surface area contributed by atoms with E-state index in [4.69, 9.17) is 15.0 Å². The first-order valence-corrected chi connectivity index (χ1v) is 16.4. The van der Waals surface area contributed by atoms with Crippen molar-refractivity contribution >= 4 is 10.8 Å². The van der Waals surface area contributed by atoms with Gasteiger partial charge in [0.15, 0.2) is 17.5 Å². The molecule has 2 aromatic heterocycles. The van der Waals surface area contributed by atoms with Gasteiger partial charge in [0.05, 0.1) is 11.6 Å². The monoisotopic (exact) mass is 595 g/mol. The molecule has 2 heterocycles. The molecule has 222 valence electrons. The van der Waals surface area contributed by atoms with Crippen molar-refractivity contribution in [1.29, 1.82) is 5.26 Å². The molecule has 5 nitrogen and oxygen atoms in total. The smallest absolute Gasteiger partial charge is 0.165 e. The topological polar surface area (TPSA) is 75.3 Å². The van der Waals surface area contributed by atoms with Crippen molar-refractivity contribution in [3.05, 3.63) is 121 Å². The van der Waals surface area contributed by atoms with E-state index in [1.807, 2.05) is 42.5 Å². The highest BCUT2D eigenvalue weighted by molar-refractivity contribution is 5.90. The number of nitrogens with zero attached hydrogens (tertiary/aromatic N) is 5. The first kappa shape index (κ1) is 27.1. The van der Waals surface area contributed by atoms with Gasteiger partial charge in [-0.25, -0.2) is 15.0 Å². The first-order valence-electron chi connectivity index (χ1n) is 16.4. The molecule has 4 fully saturated rings. The molecule has 0 spiro atoms. The molecule has 0 unspecified atom stereocenters. The minimum Gasteiger partial charge on any atom is -0.264 e. The van der Waals surface area contributed by atoms with E-state index < -0.39 is 0 Å². The number of hydrogen-bond acceptors (Lipinski definition) is 5. The summed E-state index contributed by atoms with van der Waals surface area (Å²) in [6.07, 6.45) is 11.7. The van der Waals surface area contributed by atoms with Gasteiger partial charge in [-0.05, 0) is 126 Å². The van der Waals surface area contributed by atoms with Crippen LogP contribution in [-0.2, 0) is 5.41 Å². The Hall–Kier alpha value is -5.21. The zero-order valence-electron chi connectivity index (χ0n) is 25.6. The van der Waals surface area contributed by atoms with Gasteiger partial charge in [0.1, 0.15) is 0 Å². The molecule has 0 amide bonds. The third kappa shape index (κ3) is 4.77. The molecule has 46 heavy (non-hydrogen) atoms. The lowest BCUT2D eigenvalue weighted by molar-refractivity contribution is -0.00517. The van der Waals surface area contributed by atoms with Crippen LogP contribution < -0.4 is 0 Å². The molecule has 4 aromatic carbocycles. The number of aromatic nitrogens is 4. The van der Waals surface area contributed by atoms with Crippen LogP contribution in [0.2, 0.25) is 0 Å². The normalized spacial score (nSPS) is 23.0. The zero-order valence-corrected chi connectivity index (χ0v) is 25.6. The van der Waals surface area contributed by atoms with Crippen molar-refractivity contribution < 1.29 is 0 Å². The van der Waals surface area contributed by atoms with Gasteiger partial charge in [-0.2, -0.15) is 5.26 Å². The van der Waals surface area contributed by atoms with Crippen molar-refractivity contribution in [2.45, 2.75) is 43.9 Å². The molecule has 4 aliphatic carbocycles. The SMILES string of the molecule is N#Cc1cc(-c2ccc3cc(-c4nc(-c5ccccc5)nc(-c5cccnc5)n4)ccc3c2)cc(C23C[C@H]4C[C@@H](C2)C[C@@H](C3)C4)c1. The average Bonchev–Trinajstić information content (AvgIpc) is 3.11. The van der Waals surface area contributed by atoms with Crippen LogP contribution in [-0.4, -0.2) is 19.9 Å². The summed E-state index contributed by atoms with van der Waals surface area (Å²) in [5.74, 6) is 4.45. The maximum atomic E-state index is 10.0. The summed E-state index contributed by atoms with van der Waals surface area (Å²) in [4.78, 5) is 18.9. The van der Waals surface area contributed by atoms with Crippen LogP contribution in [0.5, 0.6) is 0 Å². The van der Waals surface area contributed by atoms with E-state index in [-0.39, 0.29) is 5.41 Å². The molecule has 0 saturated heterocycles. The van der Waals surface area contributed by atoms with Crippen LogP contribution >= 0.6 is 0 Å². The van der Waals surface area contributed by atoms with E-state index in [0.717, 1.165) is 61.9 Å². The number of pyridine rings is 1. The van der Waals surface area contributed by atoms with Gasteiger partial charge in [-0.15, -0.1) is 0 Å². The van der Waals surface area contributed by atoms with E-state index >= 15 is 0 Å². The van der Waals surface area contributed by atoms with Crippen molar-refractivity contribution in [2.24, 2.45) is 17.8 Å². The van der Waals surface area contributed by atoms with Gasteiger partial charge in [0.2, 0.25) is 0 Å². The van der Waals surface area contributed by atoms with Crippen LogP contribution in [0.25, 0.3) is 56.1 Å². The lowest BCUT2D eigenvalue weighted by Crippen LogP contribution is -2.48. The molecule has 4 aliphatic rings. The summed E-state index contributed by atoms with van der Waals surface area (Å²) in [6, 6.07) is 36.1. The van der Waals surface area contributed by atoms with Crippen LogP contribution in [0.1, 0.15) is 49.7 Å². The Morgan fingerprint density at radius 2 is 1.17 bits per heavy atom. The maximum Gasteiger partial charge on any atom is 0.165 e. The first-order chi connectivity index (χ1) is 22.6. The summed E-state index contributed by atoms with van der Waals surface area (Å²) < 4.78 is 0. The predicted octanol–water partition coefficient (Wildman–Crippen LogP) is 9.43. The minimum atomic E-state index is 0.250. The Kier molecular flexibility index (Phi) is 6.31. The predicted molar refractivity (Wildman–Crippen MR) is 181 cm³/mol. The number of hydrogen-bond donors (Lipinski definition) is 0. The summed E-state index contributed by atoms with van der Waals surface area (Å²) in [5, 5.41) is 12.3. The summed E-state index contributed by atoms with van der Waals surface area (Å²) in [7, 11) is 0. The summed E-state index contributed by atoms with van der Waals surface area (Å²) in [5.41, 5.74) is 7.42. The molecule has 5 heteroatoms. The van der Waals surface area contributed by atoms with Crippen LogP contribution in [0, 0.1) is 29.1 Å². The second-order valence-electron chi connectivity index (χ2n) is 13.8. The molecule has 10 rings (SSSR count). The Balaban J connectivity index is 1.10. The Labute approximate surface area is 269 Å². The minimum absolute atomic E-state index is 0.250. The molecule has 6 aromatic rings. The second-order valence-corrected chi connectivity index (χ2v) is 13.8. The average molecular weight is 596 g/mol. The Morgan fingerprint density at radius 1 is 0.565 bits per heavy atom. The van der Waals surface area contributed by atoms with Crippen molar-refractivity contribution in [1.82, 2.24) is 19.9 Å². The van der Waals surface area contributed by atoms with Gasteiger partial charge in [-0.1, -0.05) is 60.7 Å². The van der Waals surface area contributed by atoms with E-state index in [1.165, 1.54) is 44.1 Å². The third-order valence-electron chi connectivity index (χ3n) is 10.7. The standard InChI is InChI=1S/C41H33N5/c42-24-29-16-36(20-37(17-29)41-21-26-13-27(22-41)15-28(14-26)23-41)33-9-8-32-19-34(11-10-31(32)18-33)39-44-38(30-5-2-1-3-6-30)45-40(46-39)35-7-4-12-43-25-35/h1-12,16-20,25-28H,13-15,21-23H2/t26-,27+,28-,41?. The molecular formula is C41H33N5. The third-order valence-corrected chi connectivity index (χ3v) is 10.7. The van der Waals surface area contributed by atoms with Crippen molar-refractivity contribution in [3.63, 3.8) is 0 Å². The largest absolute Gasteiger partial charge is 0.264 e. The van der Waals surface area contributed by atoms with Crippen LogP contribution in [0.4, 0.5) is 0 Å². The van der Waals surface area contributed by atoms with E-state index in [0.29, 0.717) is 17.5 Å². The maximum absolute atomic E-state index is 10.0. The molecule has 0 atom stereocenters.